The number of aryl methyl sites for hydroxylation is 14. The van der Waals surface area contributed by atoms with Gasteiger partial charge in [0, 0.05) is 5.41 Å². The highest BCUT2D eigenvalue weighted by Gasteiger charge is 2.52. The Kier molecular flexibility index (Phi) is 22.7. The highest BCUT2D eigenvalue weighted by Crippen LogP contribution is 2.64. The van der Waals surface area contributed by atoms with E-state index in [4.69, 9.17) is 0 Å². The van der Waals surface area contributed by atoms with Crippen LogP contribution < -0.4 is 0 Å². The average molecular weight is 1250 g/mol. The molecule has 0 unspecified atom stereocenters. The second-order valence-corrected chi connectivity index (χ2v) is 31.4. The number of hydrogen-bond donors (Lipinski definition) is 0. The van der Waals surface area contributed by atoms with E-state index >= 15 is 0 Å². The highest BCUT2D eigenvalue weighted by molar-refractivity contribution is 5.95. The van der Waals surface area contributed by atoms with Gasteiger partial charge in [0.05, 0.1) is 5.41 Å². The predicted molar refractivity (Wildman–Crippen MR) is 413 cm³/mol. The Morgan fingerprint density at radius 2 is 0.617 bits per heavy atom. The molecule has 3 aliphatic rings. The minimum Gasteiger partial charge on any atom is -0.0654 e. The van der Waals surface area contributed by atoms with Crippen LogP contribution in [0.25, 0.3) is 33.4 Å². The van der Waals surface area contributed by atoms with E-state index < -0.39 is 0 Å². The molecular weight excluding hydrogens is 1130 g/mol. The third-order valence-corrected chi connectivity index (χ3v) is 21.7. The van der Waals surface area contributed by atoms with Gasteiger partial charge in [0.15, 0.2) is 0 Å². The van der Waals surface area contributed by atoms with Gasteiger partial charge in [0.1, 0.15) is 0 Å². The van der Waals surface area contributed by atoms with Crippen LogP contribution in [0.1, 0.15) is 274 Å². The van der Waals surface area contributed by atoms with Crippen molar-refractivity contribution in [3.63, 3.8) is 0 Å². The molecule has 0 aliphatic heterocycles. The van der Waals surface area contributed by atoms with Gasteiger partial charge in [-0.1, -0.05) is 294 Å². The van der Waals surface area contributed by atoms with Crippen molar-refractivity contribution in [3.05, 3.63) is 280 Å². The van der Waals surface area contributed by atoms with Gasteiger partial charge in [0.25, 0.3) is 0 Å². The van der Waals surface area contributed by atoms with E-state index in [1.807, 2.05) is 0 Å². The van der Waals surface area contributed by atoms with Gasteiger partial charge in [-0.2, -0.15) is 0 Å². The van der Waals surface area contributed by atoms with Crippen molar-refractivity contribution in [1.82, 2.24) is 0 Å². The third kappa shape index (κ3) is 15.1. The van der Waals surface area contributed by atoms with Gasteiger partial charge < -0.3 is 0 Å². The molecule has 0 heterocycles. The Bertz CT molecular complexity index is 3890. The molecule has 0 atom stereocenters. The van der Waals surface area contributed by atoms with Crippen molar-refractivity contribution < 1.29 is 0 Å². The van der Waals surface area contributed by atoms with Crippen LogP contribution in [0, 0.1) is 76.2 Å². The molecule has 3 aliphatic carbocycles. The Hall–Kier alpha value is -7.02. The fraction of sp³-hybridized carbons (Fsp3) is 0.426. The van der Waals surface area contributed by atoms with E-state index in [1.54, 1.807) is 5.56 Å². The molecule has 0 fully saturated rings. The molecule has 0 heteroatoms. The van der Waals surface area contributed by atoms with Crippen molar-refractivity contribution >= 4 is 0 Å². The van der Waals surface area contributed by atoms with Gasteiger partial charge >= 0.3 is 0 Å². The molecule has 494 valence electrons. The lowest BCUT2D eigenvalue weighted by molar-refractivity contribution is 0.586. The van der Waals surface area contributed by atoms with Crippen LogP contribution in [-0.2, 0) is 40.9 Å². The molecule has 0 aromatic heterocycles. The number of fused-ring (bicyclic) bond motifs is 13. The second kappa shape index (κ2) is 30.0. The smallest absolute Gasteiger partial charge is 0.0654 e. The minimum absolute atomic E-state index is 0.0883. The minimum atomic E-state index is -0.282. The van der Waals surface area contributed by atoms with Crippen molar-refractivity contribution in [2.24, 2.45) is 0 Å². The summed E-state index contributed by atoms with van der Waals surface area (Å²) >= 11 is 0. The molecule has 0 nitrogen and oxygen atoms in total. The molecule has 0 radical (unpaired) electrons. The molecule has 0 saturated carbocycles. The van der Waals surface area contributed by atoms with E-state index in [0.717, 1.165) is 0 Å². The van der Waals surface area contributed by atoms with Crippen molar-refractivity contribution in [3.8, 4) is 33.4 Å². The van der Waals surface area contributed by atoms with Crippen LogP contribution in [0.3, 0.4) is 0 Å². The summed E-state index contributed by atoms with van der Waals surface area (Å²) in [6.07, 6.45) is 19.6. The maximum Gasteiger partial charge on any atom is 0.0725 e. The second-order valence-electron chi connectivity index (χ2n) is 31.4. The van der Waals surface area contributed by atoms with Crippen LogP contribution >= 0.6 is 0 Å². The zero-order valence-electron chi connectivity index (χ0n) is 62.5. The summed E-state index contributed by atoms with van der Waals surface area (Å²) in [4.78, 5) is 0. The van der Waals surface area contributed by atoms with Crippen LogP contribution in [-0.4, -0.2) is 0 Å². The summed E-state index contributed by atoms with van der Waals surface area (Å²) in [5.74, 6) is 0. The van der Waals surface area contributed by atoms with E-state index in [2.05, 4.69) is 297 Å². The van der Waals surface area contributed by atoms with Crippen LogP contribution in [0.2, 0.25) is 0 Å². The first-order valence-electron chi connectivity index (χ1n) is 36.7. The Balaban J connectivity index is 0.000000167. The maximum absolute atomic E-state index is 2.56. The molecule has 9 aromatic rings. The molecule has 0 N–H and O–H groups in total. The molecular formula is C94H118. The maximum atomic E-state index is 2.56. The summed E-state index contributed by atoms with van der Waals surface area (Å²) < 4.78 is 0. The standard InChI is InChI=1S/C36H48.C35H36.C15H24.C8H10/c1-8-10-12-14-16-29-22-30(17-15-13-11-9-2)24-31(23-29)36(7)34-20-27(5)25(3)18-32(34)33-19-26(4)28(6)21-35(33)36;1-21-9-13-25-26-14-10-22(2)18-30(26)35(29(25)17-21)31-19-23(33(3,4)5)11-15-27(31)28-16-12-24(20-32(28)35)34(6,7)8;1-5-6-7-8-9-15-11-13(3)12(2)10-14(15)4;1-7-3-5-8(2)6-4-7/h18-24H,8-17H2,1-7H3;9-20H,1-8H3;10-11H,5-9H2,1-4H3;3-6H,1-2H3. The fourth-order valence-corrected chi connectivity index (χ4v) is 15.3. The van der Waals surface area contributed by atoms with Gasteiger partial charge in [-0.3, -0.25) is 0 Å². The van der Waals surface area contributed by atoms with Crippen LogP contribution in [0.4, 0.5) is 0 Å². The van der Waals surface area contributed by atoms with Crippen LogP contribution in [0.5, 0.6) is 0 Å². The first-order chi connectivity index (χ1) is 44.6. The van der Waals surface area contributed by atoms with E-state index in [9.17, 15) is 0 Å². The number of unbranched alkanes of at least 4 members (excludes halogenated alkanes) is 9. The van der Waals surface area contributed by atoms with Gasteiger partial charge in [-0.25, -0.2) is 0 Å². The molecule has 12 rings (SSSR count). The summed E-state index contributed by atoms with van der Waals surface area (Å²) in [5.41, 5.74) is 41.1. The lowest BCUT2D eigenvalue weighted by Crippen LogP contribution is -2.27. The Morgan fingerprint density at radius 1 is 0.277 bits per heavy atom. The summed E-state index contributed by atoms with van der Waals surface area (Å²) in [7, 11) is 0. The lowest BCUT2D eigenvalue weighted by atomic mass is 9.68. The third-order valence-electron chi connectivity index (χ3n) is 21.7. The first-order valence-corrected chi connectivity index (χ1v) is 36.7. The van der Waals surface area contributed by atoms with E-state index in [0.29, 0.717) is 0 Å². The van der Waals surface area contributed by atoms with Crippen molar-refractivity contribution in [2.45, 2.75) is 263 Å². The number of rotatable bonds is 16. The number of benzene rings is 9. The Morgan fingerprint density at radius 3 is 1.01 bits per heavy atom. The highest BCUT2D eigenvalue weighted by atomic mass is 14.5. The quantitative estimate of drug-likeness (QED) is 0.0846. The predicted octanol–water partition coefficient (Wildman–Crippen LogP) is 26.8. The fourth-order valence-electron chi connectivity index (χ4n) is 15.3. The molecule has 0 saturated heterocycles. The molecule has 9 aromatic carbocycles. The van der Waals surface area contributed by atoms with Gasteiger partial charge in [-0.05, 0) is 272 Å². The summed E-state index contributed by atoms with van der Waals surface area (Å²) in [5, 5.41) is 0. The zero-order chi connectivity index (χ0) is 68.0. The first kappa shape index (κ1) is 71.3. The SMILES string of the molecule is CCCCCCc1cc(C)c(C)cc1C.CCCCCCc1cc(CCCCCC)cc(C2(C)c3cc(C)c(C)cc3-c3cc(C)c(C)cc32)c1.Cc1ccc(C)cc1.Cc1ccc2c(c1)C1(c3cc(C)ccc3-2)c2cc(C(C)(C)C)ccc2-c2ccc(C(C)(C)C)cc21. The van der Waals surface area contributed by atoms with Gasteiger partial charge in [0.2, 0.25) is 0 Å². The average Bonchev–Trinajstić information content (AvgIpc) is 1.51. The topological polar surface area (TPSA) is 0 Å². The Labute approximate surface area is 572 Å². The monoisotopic (exact) mass is 1250 g/mol. The van der Waals surface area contributed by atoms with Gasteiger partial charge in [-0.15, -0.1) is 0 Å². The van der Waals surface area contributed by atoms with E-state index in [-0.39, 0.29) is 21.7 Å². The largest absolute Gasteiger partial charge is 0.0725 e. The number of hydrogen-bond acceptors (Lipinski definition) is 0. The molecule has 0 bridgehead atoms. The summed E-state index contributed by atoms with van der Waals surface area (Å²) in [6, 6.07) is 59.4. The summed E-state index contributed by atoms with van der Waals surface area (Å²) in [6.45, 7) is 47.7. The zero-order valence-corrected chi connectivity index (χ0v) is 62.5. The van der Waals surface area contributed by atoms with Crippen molar-refractivity contribution in [2.75, 3.05) is 0 Å². The molecule has 94 heavy (non-hydrogen) atoms. The van der Waals surface area contributed by atoms with Crippen LogP contribution in [0.15, 0.2) is 152 Å². The van der Waals surface area contributed by atoms with E-state index in [1.165, 1.54) is 252 Å². The normalized spacial score (nSPS) is 13.3. The lowest BCUT2D eigenvalue weighted by Gasteiger charge is -2.33. The molecule has 0 amide bonds. The molecule has 1 spiro atoms. The van der Waals surface area contributed by atoms with Crippen molar-refractivity contribution in [1.29, 1.82) is 0 Å².